The Morgan fingerprint density at radius 2 is 1.80 bits per heavy atom. The van der Waals surface area contributed by atoms with Gasteiger partial charge in [0, 0.05) is 12.2 Å². The lowest BCUT2D eigenvalue weighted by atomic mass is 10.1. The van der Waals surface area contributed by atoms with Crippen LogP contribution >= 0.6 is 0 Å². The number of carbonyl (C=O) groups excluding carboxylic acids is 1. The van der Waals surface area contributed by atoms with E-state index >= 15 is 0 Å². The number of halogens is 1. The number of hydrogen-bond donors (Lipinski definition) is 2. The molecule has 0 saturated heterocycles. The van der Waals surface area contributed by atoms with Crippen LogP contribution in [0.3, 0.4) is 0 Å². The maximum atomic E-state index is 13.4. The highest BCUT2D eigenvalue weighted by Gasteiger charge is 2.06. The van der Waals surface area contributed by atoms with Gasteiger partial charge in [-0.1, -0.05) is 30.3 Å². The standard InChI is InChI=1S/C16H17FN2O/c1-11-2-7-14(9-15(11)17)19-16(20)8-12-3-5-13(10-18)6-4-12/h2-7,9H,8,10,18H2,1H3,(H,19,20). The number of nitrogens with one attached hydrogen (secondary N) is 1. The fourth-order valence-corrected chi connectivity index (χ4v) is 1.85. The predicted molar refractivity (Wildman–Crippen MR) is 77.8 cm³/mol. The van der Waals surface area contributed by atoms with Crippen molar-refractivity contribution >= 4 is 11.6 Å². The molecule has 3 nitrogen and oxygen atoms in total. The summed E-state index contributed by atoms with van der Waals surface area (Å²) in [6.07, 6.45) is 0.250. The van der Waals surface area contributed by atoms with Crippen LogP contribution < -0.4 is 11.1 Å². The molecule has 2 rings (SSSR count). The molecule has 3 N–H and O–H groups in total. The summed E-state index contributed by atoms with van der Waals surface area (Å²) in [7, 11) is 0. The van der Waals surface area contributed by atoms with Gasteiger partial charge in [-0.15, -0.1) is 0 Å². The average Bonchev–Trinajstić information content (AvgIpc) is 2.44. The molecule has 0 atom stereocenters. The lowest BCUT2D eigenvalue weighted by Crippen LogP contribution is -2.14. The van der Waals surface area contributed by atoms with Crippen LogP contribution in [0.5, 0.6) is 0 Å². The highest BCUT2D eigenvalue weighted by Crippen LogP contribution is 2.14. The number of carbonyl (C=O) groups is 1. The highest BCUT2D eigenvalue weighted by atomic mass is 19.1. The van der Waals surface area contributed by atoms with E-state index in [9.17, 15) is 9.18 Å². The third-order valence-electron chi connectivity index (χ3n) is 3.08. The van der Waals surface area contributed by atoms with E-state index in [2.05, 4.69) is 5.32 Å². The van der Waals surface area contributed by atoms with Gasteiger partial charge in [0.05, 0.1) is 6.42 Å². The zero-order valence-electron chi connectivity index (χ0n) is 11.3. The second-order valence-corrected chi connectivity index (χ2v) is 4.71. The van der Waals surface area contributed by atoms with Crippen molar-refractivity contribution in [3.63, 3.8) is 0 Å². The second kappa shape index (κ2) is 6.30. The summed E-state index contributed by atoms with van der Waals surface area (Å²) < 4.78 is 13.4. The van der Waals surface area contributed by atoms with Gasteiger partial charge in [0.1, 0.15) is 5.82 Å². The van der Waals surface area contributed by atoms with Gasteiger partial charge in [-0.05, 0) is 35.7 Å². The third-order valence-corrected chi connectivity index (χ3v) is 3.08. The third kappa shape index (κ3) is 3.65. The minimum Gasteiger partial charge on any atom is -0.326 e. The summed E-state index contributed by atoms with van der Waals surface area (Å²) in [5, 5.41) is 2.68. The van der Waals surface area contributed by atoms with Crippen molar-refractivity contribution < 1.29 is 9.18 Å². The molecule has 2 aromatic carbocycles. The predicted octanol–water partition coefficient (Wildman–Crippen LogP) is 2.77. The molecule has 0 heterocycles. The molecule has 0 aromatic heterocycles. The van der Waals surface area contributed by atoms with E-state index in [0.29, 0.717) is 17.8 Å². The monoisotopic (exact) mass is 272 g/mol. The molecule has 0 saturated carbocycles. The van der Waals surface area contributed by atoms with Gasteiger partial charge in [0.2, 0.25) is 5.91 Å². The Bertz CT molecular complexity index is 608. The van der Waals surface area contributed by atoms with Gasteiger partial charge >= 0.3 is 0 Å². The van der Waals surface area contributed by atoms with E-state index in [0.717, 1.165) is 11.1 Å². The SMILES string of the molecule is Cc1ccc(NC(=O)Cc2ccc(CN)cc2)cc1F. The quantitative estimate of drug-likeness (QED) is 0.899. The molecule has 2 aromatic rings. The van der Waals surface area contributed by atoms with E-state index in [-0.39, 0.29) is 18.1 Å². The van der Waals surface area contributed by atoms with Crippen molar-refractivity contribution in [2.24, 2.45) is 5.73 Å². The van der Waals surface area contributed by atoms with Gasteiger partial charge in [-0.2, -0.15) is 0 Å². The van der Waals surface area contributed by atoms with Crippen LogP contribution in [0.15, 0.2) is 42.5 Å². The van der Waals surface area contributed by atoms with E-state index in [1.807, 2.05) is 24.3 Å². The van der Waals surface area contributed by atoms with E-state index in [1.165, 1.54) is 6.07 Å². The summed E-state index contributed by atoms with van der Waals surface area (Å²) in [6.45, 7) is 2.16. The van der Waals surface area contributed by atoms with E-state index in [4.69, 9.17) is 5.73 Å². The number of hydrogen-bond acceptors (Lipinski definition) is 2. The van der Waals surface area contributed by atoms with Gasteiger partial charge in [0.25, 0.3) is 0 Å². The smallest absolute Gasteiger partial charge is 0.228 e. The topological polar surface area (TPSA) is 55.1 Å². The van der Waals surface area contributed by atoms with Crippen molar-refractivity contribution in [2.45, 2.75) is 19.9 Å². The minimum absolute atomic E-state index is 0.172. The minimum atomic E-state index is -0.324. The number of amides is 1. The molecule has 0 fully saturated rings. The molecule has 0 aliphatic rings. The summed E-state index contributed by atoms with van der Waals surface area (Å²) in [5.41, 5.74) is 8.46. The Kier molecular flexibility index (Phi) is 4.48. The van der Waals surface area contributed by atoms with Crippen LogP contribution in [0.1, 0.15) is 16.7 Å². The molecule has 1 amide bonds. The van der Waals surface area contributed by atoms with Crippen LogP contribution in [0, 0.1) is 12.7 Å². The zero-order chi connectivity index (χ0) is 14.5. The maximum absolute atomic E-state index is 13.4. The van der Waals surface area contributed by atoms with Crippen LogP contribution in [-0.4, -0.2) is 5.91 Å². The molecule has 104 valence electrons. The van der Waals surface area contributed by atoms with Crippen molar-refractivity contribution in [1.82, 2.24) is 0 Å². The largest absolute Gasteiger partial charge is 0.326 e. The molecular weight excluding hydrogens is 255 g/mol. The fraction of sp³-hybridized carbons (Fsp3) is 0.188. The average molecular weight is 272 g/mol. The number of aryl methyl sites for hydroxylation is 1. The summed E-state index contributed by atoms with van der Waals surface area (Å²) in [5.74, 6) is -0.496. The molecule has 0 spiro atoms. The van der Waals surface area contributed by atoms with Crippen LogP contribution in [0.2, 0.25) is 0 Å². The first kappa shape index (κ1) is 14.2. The Labute approximate surface area is 117 Å². The fourth-order valence-electron chi connectivity index (χ4n) is 1.85. The van der Waals surface area contributed by atoms with Gasteiger partial charge < -0.3 is 11.1 Å². The molecule has 0 aliphatic heterocycles. The molecular formula is C16H17FN2O. The van der Waals surface area contributed by atoms with Crippen molar-refractivity contribution in [1.29, 1.82) is 0 Å². The maximum Gasteiger partial charge on any atom is 0.228 e. The van der Waals surface area contributed by atoms with Gasteiger partial charge in [-0.25, -0.2) is 4.39 Å². The Hall–Kier alpha value is -2.20. The van der Waals surface area contributed by atoms with Crippen molar-refractivity contribution in [3.05, 3.63) is 65.0 Å². The van der Waals surface area contributed by atoms with Crippen molar-refractivity contribution in [2.75, 3.05) is 5.32 Å². The molecule has 0 aliphatic carbocycles. The first-order chi connectivity index (χ1) is 9.58. The van der Waals surface area contributed by atoms with Crippen molar-refractivity contribution in [3.8, 4) is 0 Å². The van der Waals surface area contributed by atoms with E-state index < -0.39 is 0 Å². The van der Waals surface area contributed by atoms with Crippen LogP contribution in [0.4, 0.5) is 10.1 Å². The zero-order valence-corrected chi connectivity index (χ0v) is 11.3. The Morgan fingerprint density at radius 3 is 2.40 bits per heavy atom. The Morgan fingerprint density at radius 1 is 1.15 bits per heavy atom. The second-order valence-electron chi connectivity index (χ2n) is 4.71. The number of anilines is 1. The summed E-state index contributed by atoms with van der Waals surface area (Å²) >= 11 is 0. The number of rotatable bonds is 4. The molecule has 20 heavy (non-hydrogen) atoms. The van der Waals surface area contributed by atoms with Crippen LogP contribution in [-0.2, 0) is 17.8 Å². The van der Waals surface area contributed by atoms with Gasteiger partial charge in [-0.3, -0.25) is 4.79 Å². The van der Waals surface area contributed by atoms with E-state index in [1.54, 1.807) is 19.1 Å². The lowest BCUT2D eigenvalue weighted by Gasteiger charge is -2.07. The highest BCUT2D eigenvalue weighted by molar-refractivity contribution is 5.92. The number of nitrogens with two attached hydrogens (primary N) is 1. The molecule has 0 bridgehead atoms. The number of benzene rings is 2. The first-order valence-electron chi connectivity index (χ1n) is 6.42. The normalized spacial score (nSPS) is 10.3. The summed E-state index contributed by atoms with van der Waals surface area (Å²) in [4.78, 5) is 11.9. The molecule has 0 radical (unpaired) electrons. The first-order valence-corrected chi connectivity index (χ1v) is 6.42. The summed E-state index contributed by atoms with van der Waals surface area (Å²) in [6, 6.07) is 12.2. The Balaban J connectivity index is 1.99. The van der Waals surface area contributed by atoms with Gasteiger partial charge in [0.15, 0.2) is 0 Å². The molecule has 0 unspecified atom stereocenters. The van der Waals surface area contributed by atoms with Crippen LogP contribution in [0.25, 0.3) is 0 Å². The molecule has 4 heteroatoms. The lowest BCUT2D eigenvalue weighted by molar-refractivity contribution is -0.115.